The van der Waals surface area contributed by atoms with Crippen molar-refractivity contribution in [3.8, 4) is 11.3 Å². The molecule has 0 saturated heterocycles. The van der Waals surface area contributed by atoms with E-state index in [4.69, 9.17) is 5.11 Å². The summed E-state index contributed by atoms with van der Waals surface area (Å²) in [4.78, 5) is 25.8. The van der Waals surface area contributed by atoms with Gasteiger partial charge in [-0.05, 0) is 29.8 Å². The van der Waals surface area contributed by atoms with Crippen LogP contribution in [0.25, 0.3) is 16.9 Å². The summed E-state index contributed by atoms with van der Waals surface area (Å²) in [6.07, 6.45) is -1.15. The highest BCUT2D eigenvalue weighted by Gasteiger charge is 2.24. The van der Waals surface area contributed by atoms with E-state index in [2.05, 4.69) is 15.3 Å². The van der Waals surface area contributed by atoms with Crippen molar-refractivity contribution >= 4 is 23.6 Å². The van der Waals surface area contributed by atoms with Crippen molar-refractivity contribution in [2.24, 2.45) is 0 Å². The Balaban J connectivity index is 1.80. The second-order valence-corrected chi connectivity index (χ2v) is 5.86. The minimum atomic E-state index is -1.15. The Bertz CT molecular complexity index is 1030. The van der Waals surface area contributed by atoms with Gasteiger partial charge in [0.15, 0.2) is 5.65 Å². The maximum Gasteiger partial charge on any atom is 0.414 e. The molecule has 0 saturated carbocycles. The van der Waals surface area contributed by atoms with E-state index in [1.54, 1.807) is 30.1 Å². The van der Waals surface area contributed by atoms with Crippen molar-refractivity contribution in [2.75, 3.05) is 19.0 Å². The number of aromatic nitrogens is 4. The lowest BCUT2D eigenvalue weighted by Crippen LogP contribution is -2.26. The van der Waals surface area contributed by atoms with Gasteiger partial charge in [-0.25, -0.2) is 9.69 Å². The molecule has 4 rings (SSSR count). The van der Waals surface area contributed by atoms with Gasteiger partial charge in [0.1, 0.15) is 0 Å². The van der Waals surface area contributed by atoms with E-state index in [0.717, 1.165) is 16.0 Å². The number of carbonyl (C=O) groups excluding carboxylic acids is 1. The van der Waals surface area contributed by atoms with Gasteiger partial charge in [-0.3, -0.25) is 4.79 Å². The zero-order valence-corrected chi connectivity index (χ0v) is 13.5. The molecule has 1 aliphatic heterocycles. The van der Waals surface area contributed by atoms with Crippen LogP contribution in [0, 0.1) is 0 Å². The molecule has 1 aliphatic rings. The summed E-state index contributed by atoms with van der Waals surface area (Å²) in [6, 6.07) is 9.06. The number of benzene rings is 1. The summed E-state index contributed by atoms with van der Waals surface area (Å²) in [5.74, 6) is 0.120. The third-order valence-corrected chi connectivity index (χ3v) is 4.22. The zero-order valence-electron chi connectivity index (χ0n) is 13.5. The number of anilines is 1. The van der Waals surface area contributed by atoms with Crippen molar-refractivity contribution in [2.45, 2.75) is 6.54 Å². The van der Waals surface area contributed by atoms with Crippen LogP contribution in [0.1, 0.15) is 15.9 Å². The largest absolute Gasteiger partial charge is 0.465 e. The SMILES string of the molecule is CN1Cc2cc(-c3ccc4nnc(N(C)C(=O)O)n4n3)ccc2C1=O. The number of rotatable bonds is 2. The molecule has 0 unspecified atom stereocenters. The van der Waals surface area contributed by atoms with Crippen LogP contribution >= 0.6 is 0 Å². The minimum Gasteiger partial charge on any atom is -0.465 e. The molecule has 1 aromatic carbocycles. The van der Waals surface area contributed by atoms with Crippen LogP contribution in [-0.4, -0.2) is 55.9 Å². The van der Waals surface area contributed by atoms with Crippen LogP contribution in [-0.2, 0) is 6.54 Å². The molecule has 0 aliphatic carbocycles. The van der Waals surface area contributed by atoms with Crippen LogP contribution in [0.3, 0.4) is 0 Å². The highest BCUT2D eigenvalue weighted by atomic mass is 16.4. The molecule has 0 radical (unpaired) electrons. The van der Waals surface area contributed by atoms with Crippen LogP contribution in [0.4, 0.5) is 10.7 Å². The van der Waals surface area contributed by atoms with E-state index >= 15 is 0 Å². The smallest absolute Gasteiger partial charge is 0.414 e. The number of hydrogen-bond acceptors (Lipinski definition) is 5. The molecular formula is C16H14N6O3. The first kappa shape index (κ1) is 15.1. The van der Waals surface area contributed by atoms with Crippen LogP contribution in [0.15, 0.2) is 30.3 Å². The molecule has 3 heterocycles. The summed E-state index contributed by atoms with van der Waals surface area (Å²) in [5, 5.41) is 21.4. The number of carboxylic acid groups (broad SMARTS) is 1. The Morgan fingerprint density at radius 3 is 2.80 bits per heavy atom. The maximum absolute atomic E-state index is 12.0. The Morgan fingerprint density at radius 1 is 1.24 bits per heavy atom. The summed E-state index contributed by atoms with van der Waals surface area (Å²) in [6.45, 7) is 0.559. The first-order valence-corrected chi connectivity index (χ1v) is 7.53. The Kier molecular flexibility index (Phi) is 3.17. The molecule has 3 aromatic rings. The van der Waals surface area contributed by atoms with E-state index in [-0.39, 0.29) is 11.9 Å². The lowest BCUT2D eigenvalue weighted by molar-refractivity contribution is 0.0816. The monoisotopic (exact) mass is 338 g/mol. The molecule has 0 bridgehead atoms. The van der Waals surface area contributed by atoms with E-state index in [0.29, 0.717) is 23.4 Å². The van der Waals surface area contributed by atoms with Gasteiger partial charge >= 0.3 is 6.09 Å². The summed E-state index contributed by atoms with van der Waals surface area (Å²) in [7, 11) is 3.14. The van der Waals surface area contributed by atoms with Gasteiger partial charge in [0.05, 0.1) is 5.69 Å². The third-order valence-electron chi connectivity index (χ3n) is 4.22. The first-order valence-electron chi connectivity index (χ1n) is 7.53. The van der Waals surface area contributed by atoms with Crippen molar-refractivity contribution in [1.29, 1.82) is 0 Å². The van der Waals surface area contributed by atoms with Gasteiger partial charge in [0, 0.05) is 31.8 Å². The lowest BCUT2D eigenvalue weighted by Gasteiger charge is -2.10. The molecule has 0 spiro atoms. The molecule has 126 valence electrons. The quantitative estimate of drug-likeness (QED) is 0.759. The van der Waals surface area contributed by atoms with Gasteiger partial charge in [-0.15, -0.1) is 10.2 Å². The summed E-state index contributed by atoms with van der Waals surface area (Å²) < 4.78 is 1.38. The fraction of sp³-hybridized carbons (Fsp3) is 0.188. The topological polar surface area (TPSA) is 104 Å². The van der Waals surface area contributed by atoms with E-state index in [1.165, 1.54) is 11.6 Å². The molecule has 9 nitrogen and oxygen atoms in total. The Hall–Kier alpha value is -3.49. The van der Waals surface area contributed by atoms with Crippen LogP contribution in [0.5, 0.6) is 0 Å². The van der Waals surface area contributed by atoms with Gasteiger partial charge in [0.2, 0.25) is 0 Å². The summed E-state index contributed by atoms with van der Waals surface area (Å²) in [5.41, 5.74) is 3.56. The van der Waals surface area contributed by atoms with Crippen molar-refractivity contribution in [3.05, 3.63) is 41.5 Å². The van der Waals surface area contributed by atoms with Crippen molar-refractivity contribution in [3.63, 3.8) is 0 Å². The minimum absolute atomic E-state index is 0.00846. The molecule has 25 heavy (non-hydrogen) atoms. The van der Waals surface area contributed by atoms with Crippen molar-refractivity contribution in [1.82, 2.24) is 24.7 Å². The number of carbonyl (C=O) groups is 2. The average molecular weight is 338 g/mol. The molecule has 0 atom stereocenters. The summed E-state index contributed by atoms with van der Waals surface area (Å²) >= 11 is 0. The van der Waals surface area contributed by atoms with E-state index in [1.807, 2.05) is 12.1 Å². The van der Waals surface area contributed by atoms with Gasteiger partial charge in [-0.2, -0.15) is 9.61 Å². The number of amides is 2. The first-order chi connectivity index (χ1) is 12.0. The van der Waals surface area contributed by atoms with E-state index < -0.39 is 6.09 Å². The highest BCUT2D eigenvalue weighted by Crippen LogP contribution is 2.27. The second kappa shape index (κ2) is 5.26. The third kappa shape index (κ3) is 2.28. The van der Waals surface area contributed by atoms with E-state index in [9.17, 15) is 9.59 Å². The number of hydrogen-bond donors (Lipinski definition) is 1. The molecular weight excluding hydrogens is 324 g/mol. The molecule has 1 N–H and O–H groups in total. The van der Waals surface area contributed by atoms with Gasteiger partial charge in [-0.1, -0.05) is 6.07 Å². The van der Waals surface area contributed by atoms with Crippen LogP contribution < -0.4 is 4.90 Å². The van der Waals surface area contributed by atoms with Crippen molar-refractivity contribution < 1.29 is 14.7 Å². The fourth-order valence-corrected chi connectivity index (χ4v) is 2.85. The molecule has 2 aromatic heterocycles. The standard InChI is InChI=1S/C16H14N6O3/c1-20-8-10-7-9(3-4-11(10)14(20)23)12-5-6-13-17-18-15(22(13)19-12)21(2)16(24)25/h3-7H,8H2,1-2H3,(H,24,25). The molecule has 0 fully saturated rings. The second-order valence-electron chi connectivity index (χ2n) is 5.86. The number of nitrogens with zero attached hydrogens (tertiary/aromatic N) is 6. The maximum atomic E-state index is 12.0. The lowest BCUT2D eigenvalue weighted by atomic mass is 10.0. The number of fused-ring (bicyclic) bond motifs is 2. The normalized spacial score (nSPS) is 13.4. The Labute approximate surface area is 142 Å². The molecule has 2 amide bonds. The fourth-order valence-electron chi connectivity index (χ4n) is 2.85. The predicted octanol–water partition coefficient (Wildman–Crippen LogP) is 1.49. The van der Waals surface area contributed by atoms with Gasteiger partial charge < -0.3 is 10.0 Å². The Morgan fingerprint density at radius 2 is 2.04 bits per heavy atom. The van der Waals surface area contributed by atoms with Gasteiger partial charge in [0.25, 0.3) is 11.9 Å². The average Bonchev–Trinajstić information content (AvgIpc) is 3.14. The highest BCUT2D eigenvalue weighted by molar-refractivity contribution is 5.98. The van der Waals surface area contributed by atoms with Crippen LogP contribution in [0.2, 0.25) is 0 Å². The predicted molar refractivity (Wildman–Crippen MR) is 88.4 cm³/mol. The zero-order chi connectivity index (χ0) is 17.7. The molecule has 9 heteroatoms.